The van der Waals surface area contributed by atoms with Crippen LogP contribution in [0.1, 0.15) is 161 Å². The highest BCUT2D eigenvalue weighted by atomic mass is 16.3. The number of hydrogen-bond acceptors (Lipinski definition) is 3. The summed E-state index contributed by atoms with van der Waals surface area (Å²) < 4.78 is 6.74. The van der Waals surface area contributed by atoms with Crippen LogP contribution in [0.4, 0.5) is 28.4 Å². The summed E-state index contributed by atoms with van der Waals surface area (Å²) in [5.41, 5.74) is 23.9. The fraction of sp³-hybridized carbons (Fsp3) is 0.385. The molecule has 350 valence electrons. The number of anilines is 5. The van der Waals surface area contributed by atoms with Gasteiger partial charge in [-0.2, -0.15) is 0 Å². The molecule has 0 saturated heterocycles. The average Bonchev–Trinajstić information content (AvgIpc) is 3.66. The number of furan rings is 1. The van der Waals surface area contributed by atoms with Crippen molar-refractivity contribution in [2.75, 3.05) is 10.2 Å². The van der Waals surface area contributed by atoms with E-state index in [-0.39, 0.29) is 32.5 Å². The van der Waals surface area contributed by atoms with Crippen molar-refractivity contribution in [3.8, 4) is 11.1 Å². The fourth-order valence-electron chi connectivity index (χ4n) is 13.5. The molecule has 0 amide bonds. The molecule has 0 spiro atoms. The molecule has 0 saturated carbocycles. The van der Waals surface area contributed by atoms with Gasteiger partial charge in [-0.25, -0.2) is 0 Å². The van der Waals surface area contributed by atoms with Crippen molar-refractivity contribution in [3.05, 3.63) is 148 Å². The summed E-state index contributed by atoms with van der Waals surface area (Å²) in [6, 6.07) is 42.7. The molecule has 0 atom stereocenters. The summed E-state index contributed by atoms with van der Waals surface area (Å²) in [7, 11) is 0.798. The summed E-state index contributed by atoms with van der Waals surface area (Å²) in [5, 5.41) is 9.07. The Morgan fingerprint density at radius 2 is 1.01 bits per heavy atom. The smallest absolute Gasteiger partial charge is 0.198 e. The standard InChI is InChI=1S/C65H71BN2O/c1-38-30-47-51(65(12,13)29-26-61(47,4)5)36-54(38)68-55-37-57-44(42-20-16-17-21-56(42)69-57)34-52(55)66-58-45(31-39-18-14-15-19-41(39)59(58)68)43-33-49-50(64(10,11)28-27-63(49,8)9)35-53(43)67-40-22-23-46-48(32-40)62(6,7)25-24-60(46,2)3/h14-23,30-37,66-67H,24-29H2,1-13H3. The van der Waals surface area contributed by atoms with Crippen LogP contribution in [0, 0.1) is 6.92 Å². The minimum atomic E-state index is 0.0316. The van der Waals surface area contributed by atoms with E-state index < -0.39 is 0 Å². The van der Waals surface area contributed by atoms with E-state index in [9.17, 15) is 0 Å². The summed E-state index contributed by atoms with van der Waals surface area (Å²) in [4.78, 5) is 2.66. The first-order valence-corrected chi connectivity index (χ1v) is 26.1. The predicted molar refractivity (Wildman–Crippen MR) is 298 cm³/mol. The van der Waals surface area contributed by atoms with E-state index in [0.717, 1.165) is 37.7 Å². The first kappa shape index (κ1) is 44.5. The first-order chi connectivity index (χ1) is 32.5. The van der Waals surface area contributed by atoms with Gasteiger partial charge in [0.2, 0.25) is 0 Å². The molecule has 3 nitrogen and oxygen atoms in total. The SMILES string of the molecule is Cc1cc2c(cc1N1c3cc4oc5ccccc5c4cc3Bc3c(-c4cc5c(cc4Nc4ccc6c(c4)C(C)(C)CCC6(C)C)C(C)(C)CCC5(C)C)cc4ccccc4c31)C(C)(C)CCC2(C)C. The monoisotopic (exact) mass is 907 g/mol. The lowest BCUT2D eigenvalue weighted by Gasteiger charge is -2.44. The number of fused-ring (bicyclic) bond motifs is 10. The Morgan fingerprint density at radius 1 is 0.464 bits per heavy atom. The Hall–Kier alpha value is -5.74. The van der Waals surface area contributed by atoms with Crippen LogP contribution in [0.5, 0.6) is 0 Å². The van der Waals surface area contributed by atoms with Crippen LogP contribution < -0.4 is 21.1 Å². The predicted octanol–water partition coefficient (Wildman–Crippen LogP) is 16.7. The molecule has 0 unspecified atom stereocenters. The van der Waals surface area contributed by atoms with Gasteiger partial charge in [0.25, 0.3) is 0 Å². The number of benzene rings is 7. The number of nitrogens with zero attached hydrogens (tertiary/aromatic N) is 1. The minimum absolute atomic E-state index is 0.0316. The highest BCUT2D eigenvalue weighted by Crippen LogP contribution is 2.54. The highest BCUT2D eigenvalue weighted by Gasteiger charge is 2.42. The van der Waals surface area contributed by atoms with Crippen LogP contribution in [0.15, 0.2) is 114 Å². The van der Waals surface area contributed by atoms with Crippen molar-refractivity contribution in [3.63, 3.8) is 0 Å². The van der Waals surface area contributed by atoms with E-state index in [1.165, 1.54) is 130 Å². The van der Waals surface area contributed by atoms with Gasteiger partial charge in [0.15, 0.2) is 7.28 Å². The molecule has 1 aromatic heterocycles. The second-order valence-electron chi connectivity index (χ2n) is 25.9. The molecule has 4 heteroatoms. The van der Waals surface area contributed by atoms with E-state index in [1.54, 1.807) is 0 Å². The van der Waals surface area contributed by atoms with Crippen LogP contribution in [0.2, 0.25) is 0 Å². The third-order valence-electron chi connectivity index (χ3n) is 18.4. The Labute approximate surface area is 412 Å². The summed E-state index contributed by atoms with van der Waals surface area (Å²) in [6.07, 6.45) is 7.06. The quantitative estimate of drug-likeness (QED) is 0.178. The van der Waals surface area contributed by atoms with E-state index in [1.807, 2.05) is 0 Å². The van der Waals surface area contributed by atoms with E-state index in [2.05, 4.69) is 209 Å². The number of para-hydroxylation sites is 1. The highest BCUT2D eigenvalue weighted by molar-refractivity contribution is 6.74. The van der Waals surface area contributed by atoms with Crippen LogP contribution in [0.25, 0.3) is 43.8 Å². The molecule has 4 aliphatic rings. The van der Waals surface area contributed by atoms with Crippen molar-refractivity contribution in [2.45, 2.75) is 161 Å². The fourth-order valence-corrected chi connectivity index (χ4v) is 13.5. The van der Waals surface area contributed by atoms with Gasteiger partial charge in [-0.15, -0.1) is 0 Å². The van der Waals surface area contributed by atoms with Gasteiger partial charge in [0, 0.05) is 56.2 Å². The van der Waals surface area contributed by atoms with Crippen LogP contribution >= 0.6 is 0 Å². The van der Waals surface area contributed by atoms with Crippen molar-refractivity contribution in [1.82, 2.24) is 0 Å². The largest absolute Gasteiger partial charge is 0.456 e. The zero-order chi connectivity index (χ0) is 48.4. The number of aryl methyl sites for hydroxylation is 1. The zero-order valence-electron chi connectivity index (χ0n) is 43.7. The molecule has 1 aliphatic heterocycles. The Bertz CT molecular complexity index is 3480. The Kier molecular flexibility index (Phi) is 9.45. The van der Waals surface area contributed by atoms with E-state index in [0.29, 0.717) is 0 Å². The Balaban J connectivity index is 1.16. The van der Waals surface area contributed by atoms with E-state index in [4.69, 9.17) is 4.42 Å². The molecule has 2 heterocycles. The molecular weight excluding hydrogens is 836 g/mol. The molecule has 0 fully saturated rings. The molecule has 12 rings (SSSR count). The second-order valence-corrected chi connectivity index (χ2v) is 25.9. The third kappa shape index (κ3) is 6.81. The molecule has 69 heavy (non-hydrogen) atoms. The maximum absolute atomic E-state index is 6.74. The maximum Gasteiger partial charge on any atom is 0.198 e. The summed E-state index contributed by atoms with van der Waals surface area (Å²) >= 11 is 0. The van der Waals surface area contributed by atoms with Gasteiger partial charge in [0.05, 0.1) is 0 Å². The van der Waals surface area contributed by atoms with Gasteiger partial charge in [-0.05, 0) is 176 Å². The number of nitrogens with one attached hydrogen (secondary N) is 1. The summed E-state index contributed by atoms with van der Waals surface area (Å²) in [6.45, 7) is 31.8. The third-order valence-corrected chi connectivity index (χ3v) is 18.4. The van der Waals surface area contributed by atoms with Crippen molar-refractivity contribution in [2.24, 2.45) is 0 Å². The molecule has 8 aromatic rings. The molecule has 7 aromatic carbocycles. The molecule has 0 bridgehead atoms. The van der Waals surface area contributed by atoms with E-state index >= 15 is 0 Å². The van der Waals surface area contributed by atoms with Crippen LogP contribution in [-0.2, 0) is 32.5 Å². The lowest BCUT2D eigenvalue weighted by molar-refractivity contribution is 0.332. The number of hydrogen-bond donors (Lipinski definition) is 1. The van der Waals surface area contributed by atoms with Gasteiger partial charge < -0.3 is 14.6 Å². The van der Waals surface area contributed by atoms with Gasteiger partial charge in [0.1, 0.15) is 11.2 Å². The average molecular weight is 907 g/mol. The molecule has 3 aliphatic carbocycles. The number of rotatable bonds is 4. The topological polar surface area (TPSA) is 28.4 Å². The van der Waals surface area contributed by atoms with Gasteiger partial charge in [-0.1, -0.05) is 149 Å². The lowest BCUT2D eigenvalue weighted by Crippen LogP contribution is -2.42. The zero-order valence-corrected chi connectivity index (χ0v) is 43.7. The van der Waals surface area contributed by atoms with Gasteiger partial charge in [-0.3, -0.25) is 0 Å². The van der Waals surface area contributed by atoms with Gasteiger partial charge >= 0.3 is 0 Å². The van der Waals surface area contributed by atoms with Crippen molar-refractivity contribution in [1.29, 1.82) is 0 Å². The summed E-state index contributed by atoms with van der Waals surface area (Å²) in [5.74, 6) is 0. The first-order valence-electron chi connectivity index (χ1n) is 26.1. The van der Waals surface area contributed by atoms with Crippen LogP contribution in [-0.4, -0.2) is 7.28 Å². The second kappa shape index (κ2) is 14.7. The molecular formula is C65H71BN2O. The lowest BCUT2D eigenvalue weighted by atomic mass is 9.57. The van der Waals surface area contributed by atoms with Crippen molar-refractivity contribution >= 4 is 79.4 Å². The van der Waals surface area contributed by atoms with Crippen LogP contribution in [0.3, 0.4) is 0 Å². The normalized spacial score (nSPS) is 19.8. The Morgan fingerprint density at radius 3 is 1.68 bits per heavy atom. The molecule has 0 radical (unpaired) electrons. The minimum Gasteiger partial charge on any atom is -0.456 e. The maximum atomic E-state index is 6.74. The van der Waals surface area contributed by atoms with Crippen molar-refractivity contribution < 1.29 is 4.42 Å². The molecule has 1 N–H and O–H groups in total.